The van der Waals surface area contributed by atoms with Gasteiger partial charge in [-0.05, 0) is 31.2 Å². The second kappa shape index (κ2) is 6.66. The van der Waals surface area contributed by atoms with E-state index in [9.17, 15) is 24.6 Å². The van der Waals surface area contributed by atoms with E-state index in [4.69, 9.17) is 0 Å². The zero-order valence-corrected chi connectivity index (χ0v) is 15.2. The van der Waals surface area contributed by atoms with Crippen LogP contribution in [-0.4, -0.2) is 26.5 Å². The first kappa shape index (κ1) is 17.5. The van der Waals surface area contributed by atoms with Crippen molar-refractivity contribution in [2.24, 2.45) is 0 Å². The van der Waals surface area contributed by atoms with Crippen molar-refractivity contribution < 1.29 is 19.8 Å². The number of carbonyl (C=O) groups is 2. The van der Waals surface area contributed by atoms with Crippen LogP contribution in [0, 0.1) is 0 Å². The van der Waals surface area contributed by atoms with Gasteiger partial charge in [0.2, 0.25) is 0 Å². The number of aromatic nitrogens is 1. The van der Waals surface area contributed by atoms with Gasteiger partial charge in [-0.15, -0.1) is 11.3 Å². The van der Waals surface area contributed by atoms with Crippen LogP contribution in [0.5, 0.6) is 5.75 Å². The molecule has 0 bridgehead atoms. The Balaban J connectivity index is 1.94. The Morgan fingerprint density at radius 3 is 2.52 bits per heavy atom. The zero-order valence-electron chi connectivity index (χ0n) is 14.4. The molecule has 27 heavy (non-hydrogen) atoms. The lowest BCUT2D eigenvalue weighted by atomic mass is 9.94. The minimum absolute atomic E-state index is 0.0129. The number of aryl methyl sites for hydroxylation is 1. The minimum Gasteiger partial charge on any atom is -0.505 e. The average Bonchev–Trinajstić information content (AvgIpc) is 3.03. The molecule has 0 saturated heterocycles. The quantitative estimate of drug-likeness (QED) is 0.674. The van der Waals surface area contributed by atoms with Crippen LogP contribution in [0.25, 0.3) is 10.1 Å². The number of carboxylic acids is 1. The number of nitrogens with zero attached hydrogens (tertiary/aromatic N) is 1. The van der Waals surface area contributed by atoms with Crippen LogP contribution in [0.4, 0.5) is 0 Å². The molecule has 2 heterocycles. The first-order valence-corrected chi connectivity index (χ1v) is 9.52. The number of carbonyl (C=O) groups excluding carboxylic acids is 1. The molecule has 0 radical (unpaired) electrons. The summed E-state index contributed by atoms with van der Waals surface area (Å²) >= 11 is 0.937. The van der Waals surface area contributed by atoms with Gasteiger partial charge in [0.25, 0.3) is 5.56 Å². The highest BCUT2D eigenvalue weighted by molar-refractivity contribution is 7.21. The summed E-state index contributed by atoms with van der Waals surface area (Å²) in [5.74, 6) is -1.95. The van der Waals surface area contributed by atoms with E-state index in [0.29, 0.717) is 23.1 Å². The monoisotopic (exact) mass is 383 g/mol. The second-order valence-corrected chi connectivity index (χ2v) is 7.62. The van der Waals surface area contributed by atoms with Crippen LogP contribution in [0.3, 0.4) is 0 Å². The number of aromatic hydroxyl groups is 1. The highest BCUT2D eigenvalue weighted by atomic mass is 32.1. The van der Waals surface area contributed by atoms with Gasteiger partial charge in [-0.2, -0.15) is 0 Å². The van der Waals surface area contributed by atoms with Gasteiger partial charge in [-0.25, -0.2) is 4.79 Å². The summed E-state index contributed by atoms with van der Waals surface area (Å²) in [6.45, 7) is -0.126. The van der Waals surface area contributed by atoms with E-state index in [1.165, 1.54) is 4.57 Å². The lowest BCUT2D eigenvalue weighted by Gasteiger charge is -2.21. The number of Topliss-reactive ketones (excluding diaryl/α,β-unsaturated/α-hetero) is 1. The van der Waals surface area contributed by atoms with E-state index in [0.717, 1.165) is 35.4 Å². The third-order valence-corrected chi connectivity index (χ3v) is 6.20. The molecule has 6 nitrogen and oxygen atoms in total. The number of pyridine rings is 1. The Kier molecular flexibility index (Phi) is 4.31. The molecule has 0 unspecified atom stereocenters. The van der Waals surface area contributed by atoms with E-state index in [1.807, 2.05) is 6.07 Å². The Labute approximate surface area is 158 Å². The Morgan fingerprint density at radius 2 is 1.81 bits per heavy atom. The average molecular weight is 383 g/mol. The standard InChI is InChI=1S/C20H17NO5S/c22-14(11-6-2-1-3-7-11)10-21-13-9-5-4-8-12(13)17-15(19(21)24)16(23)18(27-17)20(25)26/h1-3,6-7,23H,4-5,8-10H2,(H,25,26). The molecule has 2 N–H and O–H groups in total. The van der Waals surface area contributed by atoms with E-state index in [2.05, 4.69) is 0 Å². The Hall–Kier alpha value is -2.93. The number of ketones is 1. The molecule has 138 valence electrons. The van der Waals surface area contributed by atoms with Crippen molar-refractivity contribution in [3.05, 3.63) is 62.4 Å². The molecule has 0 amide bonds. The van der Waals surface area contributed by atoms with Gasteiger partial charge in [0, 0.05) is 16.0 Å². The van der Waals surface area contributed by atoms with Crippen LogP contribution >= 0.6 is 11.3 Å². The van der Waals surface area contributed by atoms with E-state index in [-0.39, 0.29) is 22.6 Å². The molecule has 4 rings (SSSR count). The lowest BCUT2D eigenvalue weighted by molar-refractivity contribution is 0.0699. The van der Waals surface area contributed by atoms with Crippen molar-refractivity contribution in [2.45, 2.75) is 32.2 Å². The van der Waals surface area contributed by atoms with E-state index in [1.54, 1.807) is 24.3 Å². The smallest absolute Gasteiger partial charge is 0.349 e. The van der Waals surface area contributed by atoms with Gasteiger partial charge in [0.15, 0.2) is 16.4 Å². The first-order chi connectivity index (χ1) is 13.0. The normalized spacial score (nSPS) is 13.5. The van der Waals surface area contributed by atoms with Gasteiger partial charge in [0.05, 0.1) is 6.54 Å². The third-order valence-electron chi connectivity index (χ3n) is 4.97. The molecule has 1 aliphatic carbocycles. The Bertz CT molecular complexity index is 1130. The number of hydrogen-bond donors (Lipinski definition) is 2. The number of fused-ring (bicyclic) bond motifs is 3. The summed E-state index contributed by atoms with van der Waals surface area (Å²) in [5, 5.41) is 19.7. The zero-order chi connectivity index (χ0) is 19.1. The summed E-state index contributed by atoms with van der Waals surface area (Å²) in [5.41, 5.74) is 1.66. The largest absolute Gasteiger partial charge is 0.505 e. The fourth-order valence-electron chi connectivity index (χ4n) is 3.69. The van der Waals surface area contributed by atoms with Crippen molar-refractivity contribution in [2.75, 3.05) is 0 Å². The number of carboxylic acid groups (broad SMARTS) is 1. The van der Waals surface area contributed by atoms with Gasteiger partial charge in [0.1, 0.15) is 5.39 Å². The van der Waals surface area contributed by atoms with Crippen molar-refractivity contribution in [1.82, 2.24) is 4.57 Å². The molecular weight excluding hydrogens is 366 g/mol. The van der Waals surface area contributed by atoms with Crippen molar-refractivity contribution in [1.29, 1.82) is 0 Å². The number of aromatic carboxylic acids is 1. The van der Waals surface area contributed by atoms with Crippen LogP contribution in [0.15, 0.2) is 35.1 Å². The summed E-state index contributed by atoms with van der Waals surface area (Å²) < 4.78 is 1.96. The molecule has 0 atom stereocenters. The third kappa shape index (κ3) is 2.84. The molecule has 0 fully saturated rings. The van der Waals surface area contributed by atoms with Crippen LogP contribution in [0.1, 0.15) is 44.1 Å². The summed E-state index contributed by atoms with van der Waals surface area (Å²) in [4.78, 5) is 36.9. The predicted molar refractivity (Wildman–Crippen MR) is 102 cm³/mol. The predicted octanol–water partition coefficient (Wildman–Crippen LogP) is 3.23. The highest BCUT2D eigenvalue weighted by Crippen LogP contribution is 2.39. The molecule has 1 aromatic carbocycles. The molecule has 0 saturated carbocycles. The maximum Gasteiger partial charge on any atom is 0.349 e. The Morgan fingerprint density at radius 1 is 1.11 bits per heavy atom. The fourth-order valence-corrected chi connectivity index (χ4v) is 4.81. The van der Waals surface area contributed by atoms with Gasteiger partial charge in [-0.3, -0.25) is 9.59 Å². The maximum absolute atomic E-state index is 13.1. The maximum atomic E-state index is 13.1. The van der Waals surface area contributed by atoms with Gasteiger partial charge >= 0.3 is 5.97 Å². The molecule has 1 aliphatic rings. The number of thiophene rings is 1. The van der Waals surface area contributed by atoms with Crippen LogP contribution < -0.4 is 5.56 Å². The fraction of sp³-hybridized carbons (Fsp3) is 0.250. The highest BCUT2D eigenvalue weighted by Gasteiger charge is 2.27. The van der Waals surface area contributed by atoms with Gasteiger partial charge < -0.3 is 14.8 Å². The SMILES string of the molecule is O=C(Cn1c2c(c3sc(C(=O)O)c(O)c3c1=O)CCCC2)c1ccccc1. The topological polar surface area (TPSA) is 96.6 Å². The summed E-state index contributed by atoms with van der Waals surface area (Å²) in [6, 6.07) is 8.73. The molecule has 7 heteroatoms. The molecular formula is C20H17NO5S. The molecule has 3 aromatic rings. The van der Waals surface area contributed by atoms with Crippen molar-refractivity contribution in [3.8, 4) is 5.75 Å². The number of benzene rings is 1. The number of rotatable bonds is 4. The van der Waals surface area contributed by atoms with E-state index >= 15 is 0 Å². The van der Waals surface area contributed by atoms with Gasteiger partial charge in [-0.1, -0.05) is 30.3 Å². The van der Waals surface area contributed by atoms with Crippen LogP contribution in [-0.2, 0) is 19.4 Å². The van der Waals surface area contributed by atoms with Crippen molar-refractivity contribution in [3.63, 3.8) is 0 Å². The summed E-state index contributed by atoms with van der Waals surface area (Å²) in [7, 11) is 0. The van der Waals surface area contributed by atoms with E-state index < -0.39 is 17.3 Å². The molecule has 0 aliphatic heterocycles. The molecule has 2 aromatic heterocycles. The molecule has 0 spiro atoms. The number of hydrogen-bond acceptors (Lipinski definition) is 5. The summed E-state index contributed by atoms with van der Waals surface area (Å²) in [6.07, 6.45) is 3.18. The van der Waals surface area contributed by atoms with Crippen LogP contribution in [0.2, 0.25) is 0 Å². The lowest BCUT2D eigenvalue weighted by Crippen LogP contribution is -2.30. The van der Waals surface area contributed by atoms with Crippen molar-refractivity contribution >= 4 is 33.2 Å². The second-order valence-electron chi connectivity index (χ2n) is 6.60. The first-order valence-electron chi connectivity index (χ1n) is 8.70. The minimum atomic E-state index is -1.26.